The average molecular weight is 414 g/mol. The second kappa shape index (κ2) is 13.6. The van der Waals surface area contributed by atoms with E-state index in [1.54, 1.807) is 7.05 Å². The molecule has 0 radical (unpaired) electrons. The van der Waals surface area contributed by atoms with Crippen molar-refractivity contribution in [3.8, 4) is 0 Å². The van der Waals surface area contributed by atoms with Crippen LogP contribution in [0, 0.1) is 0 Å². The zero-order valence-electron chi connectivity index (χ0n) is 14.7. The molecule has 0 aromatic carbocycles. The van der Waals surface area contributed by atoms with Crippen molar-refractivity contribution >= 4 is 29.9 Å². The van der Waals surface area contributed by atoms with E-state index in [2.05, 4.69) is 55.4 Å². The van der Waals surface area contributed by atoms with Crippen LogP contribution in [0.25, 0.3) is 0 Å². The van der Waals surface area contributed by atoms with Crippen molar-refractivity contribution in [2.75, 3.05) is 47.4 Å². The number of guanidine groups is 1. The SMILES string of the molecule is CCCCOCCCNC(=NC)NCC(C)(C)N(C)C.I. The predicted molar refractivity (Wildman–Crippen MR) is 103 cm³/mol. The van der Waals surface area contributed by atoms with Gasteiger partial charge < -0.3 is 20.3 Å². The molecule has 128 valence electrons. The summed E-state index contributed by atoms with van der Waals surface area (Å²) in [5.41, 5.74) is 0.0981. The lowest BCUT2D eigenvalue weighted by Gasteiger charge is -2.33. The molecule has 0 saturated heterocycles. The molecule has 0 fully saturated rings. The molecular weight excluding hydrogens is 379 g/mol. The quantitative estimate of drug-likeness (QED) is 0.249. The second-order valence-electron chi connectivity index (χ2n) is 5.88. The number of nitrogens with zero attached hydrogens (tertiary/aromatic N) is 2. The lowest BCUT2D eigenvalue weighted by Crippen LogP contribution is -2.51. The van der Waals surface area contributed by atoms with E-state index in [9.17, 15) is 0 Å². The van der Waals surface area contributed by atoms with Crippen LogP contribution >= 0.6 is 24.0 Å². The highest BCUT2D eigenvalue weighted by Gasteiger charge is 2.20. The highest BCUT2D eigenvalue weighted by atomic mass is 127. The van der Waals surface area contributed by atoms with Gasteiger partial charge in [-0.25, -0.2) is 0 Å². The monoisotopic (exact) mass is 414 g/mol. The predicted octanol–water partition coefficient (Wildman–Crippen LogP) is 2.32. The van der Waals surface area contributed by atoms with E-state index in [4.69, 9.17) is 4.74 Å². The number of ether oxygens (including phenoxy) is 1. The number of halogens is 1. The third kappa shape index (κ3) is 12.2. The molecule has 0 saturated carbocycles. The molecule has 0 amide bonds. The largest absolute Gasteiger partial charge is 0.381 e. The lowest BCUT2D eigenvalue weighted by atomic mass is 10.0. The van der Waals surface area contributed by atoms with Crippen molar-refractivity contribution in [3.63, 3.8) is 0 Å². The van der Waals surface area contributed by atoms with Gasteiger partial charge in [0.15, 0.2) is 5.96 Å². The van der Waals surface area contributed by atoms with Gasteiger partial charge in [0.05, 0.1) is 0 Å². The molecule has 6 heteroatoms. The molecule has 0 aromatic heterocycles. The molecular formula is C15H35IN4O. The van der Waals surface area contributed by atoms with Crippen LogP contribution in [0.3, 0.4) is 0 Å². The van der Waals surface area contributed by atoms with E-state index >= 15 is 0 Å². The Morgan fingerprint density at radius 1 is 1.14 bits per heavy atom. The zero-order chi connectivity index (χ0) is 15.4. The summed E-state index contributed by atoms with van der Waals surface area (Å²) in [6, 6.07) is 0. The zero-order valence-corrected chi connectivity index (χ0v) is 17.0. The second-order valence-corrected chi connectivity index (χ2v) is 5.88. The standard InChI is InChI=1S/C15H34N4O.HI/c1-7-8-11-20-12-9-10-17-14(16-4)18-13-15(2,3)19(5)6;/h7-13H2,1-6H3,(H2,16,17,18);1H. The van der Waals surface area contributed by atoms with Gasteiger partial charge in [0, 0.05) is 38.9 Å². The maximum Gasteiger partial charge on any atom is 0.191 e. The topological polar surface area (TPSA) is 48.9 Å². The minimum absolute atomic E-state index is 0. The van der Waals surface area contributed by atoms with E-state index in [-0.39, 0.29) is 29.5 Å². The third-order valence-electron chi connectivity index (χ3n) is 3.52. The Kier molecular flexibility index (Phi) is 15.0. The molecule has 0 aliphatic heterocycles. The van der Waals surface area contributed by atoms with E-state index in [1.807, 2.05) is 0 Å². The number of aliphatic imine (C=N–C) groups is 1. The molecule has 0 atom stereocenters. The van der Waals surface area contributed by atoms with Gasteiger partial charge in [0.1, 0.15) is 0 Å². The lowest BCUT2D eigenvalue weighted by molar-refractivity contribution is 0.129. The molecule has 0 aliphatic rings. The first kappa shape index (κ1) is 23.2. The van der Waals surface area contributed by atoms with Gasteiger partial charge in [-0.1, -0.05) is 13.3 Å². The average Bonchev–Trinajstić information content (AvgIpc) is 2.41. The highest BCUT2D eigenvalue weighted by molar-refractivity contribution is 14.0. The van der Waals surface area contributed by atoms with Crippen molar-refractivity contribution in [2.24, 2.45) is 4.99 Å². The van der Waals surface area contributed by atoms with Crippen molar-refractivity contribution in [2.45, 2.75) is 45.6 Å². The van der Waals surface area contributed by atoms with Crippen LogP contribution in [0.2, 0.25) is 0 Å². The van der Waals surface area contributed by atoms with Crippen molar-refractivity contribution in [1.82, 2.24) is 15.5 Å². The number of rotatable bonds is 10. The smallest absolute Gasteiger partial charge is 0.191 e. The van der Waals surface area contributed by atoms with Gasteiger partial charge >= 0.3 is 0 Å². The van der Waals surface area contributed by atoms with Crippen molar-refractivity contribution in [1.29, 1.82) is 0 Å². The van der Waals surface area contributed by atoms with E-state index in [0.29, 0.717) is 0 Å². The number of hydrogen-bond donors (Lipinski definition) is 2. The van der Waals surface area contributed by atoms with Gasteiger partial charge in [-0.2, -0.15) is 0 Å². The van der Waals surface area contributed by atoms with Gasteiger partial charge in [-0.05, 0) is 40.8 Å². The summed E-state index contributed by atoms with van der Waals surface area (Å²) >= 11 is 0. The Morgan fingerprint density at radius 3 is 2.29 bits per heavy atom. The van der Waals surface area contributed by atoms with Gasteiger partial charge in [0.2, 0.25) is 0 Å². The Balaban J connectivity index is 0. The summed E-state index contributed by atoms with van der Waals surface area (Å²) in [5, 5.41) is 6.67. The maximum atomic E-state index is 5.53. The molecule has 0 heterocycles. The fourth-order valence-electron chi connectivity index (χ4n) is 1.41. The fraction of sp³-hybridized carbons (Fsp3) is 0.933. The van der Waals surface area contributed by atoms with E-state index < -0.39 is 0 Å². The first-order valence-electron chi connectivity index (χ1n) is 7.63. The number of hydrogen-bond acceptors (Lipinski definition) is 3. The molecule has 0 unspecified atom stereocenters. The molecule has 0 aromatic rings. The summed E-state index contributed by atoms with van der Waals surface area (Å²) in [7, 11) is 5.98. The summed E-state index contributed by atoms with van der Waals surface area (Å²) in [6.45, 7) is 10.0. The first-order valence-corrected chi connectivity index (χ1v) is 7.63. The fourth-order valence-corrected chi connectivity index (χ4v) is 1.41. The van der Waals surface area contributed by atoms with E-state index in [1.165, 1.54) is 6.42 Å². The molecule has 2 N–H and O–H groups in total. The Bertz CT molecular complexity index is 270. The molecule has 5 nitrogen and oxygen atoms in total. The van der Waals surface area contributed by atoms with Gasteiger partial charge in [-0.3, -0.25) is 4.99 Å². The van der Waals surface area contributed by atoms with Crippen LogP contribution in [-0.2, 0) is 4.74 Å². The normalized spacial score (nSPS) is 12.2. The van der Waals surface area contributed by atoms with Crippen LogP contribution in [0.4, 0.5) is 0 Å². The Labute approximate surface area is 148 Å². The van der Waals surface area contributed by atoms with Crippen molar-refractivity contribution < 1.29 is 4.74 Å². The molecule has 0 rings (SSSR count). The summed E-state index contributed by atoms with van der Waals surface area (Å²) < 4.78 is 5.53. The Hall–Kier alpha value is -0.0800. The van der Waals surface area contributed by atoms with Crippen LogP contribution in [0.1, 0.15) is 40.0 Å². The van der Waals surface area contributed by atoms with E-state index in [0.717, 1.165) is 45.1 Å². The number of nitrogens with one attached hydrogen (secondary N) is 2. The van der Waals surface area contributed by atoms with Gasteiger partial charge in [0.25, 0.3) is 0 Å². The minimum Gasteiger partial charge on any atom is -0.381 e. The Morgan fingerprint density at radius 2 is 1.76 bits per heavy atom. The number of likely N-dealkylation sites (N-methyl/N-ethyl adjacent to an activating group) is 1. The van der Waals surface area contributed by atoms with Gasteiger partial charge in [-0.15, -0.1) is 24.0 Å². The summed E-state index contributed by atoms with van der Waals surface area (Å²) in [4.78, 5) is 6.44. The van der Waals surface area contributed by atoms with Crippen molar-refractivity contribution in [3.05, 3.63) is 0 Å². The third-order valence-corrected chi connectivity index (χ3v) is 3.52. The van der Waals surface area contributed by atoms with Crippen LogP contribution in [0.5, 0.6) is 0 Å². The molecule has 0 spiro atoms. The highest BCUT2D eigenvalue weighted by Crippen LogP contribution is 2.07. The first-order chi connectivity index (χ1) is 9.44. The molecule has 0 aliphatic carbocycles. The van der Waals surface area contributed by atoms with Crippen LogP contribution in [0.15, 0.2) is 4.99 Å². The molecule has 21 heavy (non-hydrogen) atoms. The summed E-state index contributed by atoms with van der Waals surface area (Å²) in [5.74, 6) is 0.855. The molecule has 0 bridgehead atoms. The number of unbranched alkanes of at least 4 members (excludes halogenated alkanes) is 1. The summed E-state index contributed by atoms with van der Waals surface area (Å²) in [6.07, 6.45) is 3.34. The van der Waals surface area contributed by atoms with Crippen LogP contribution < -0.4 is 10.6 Å². The minimum atomic E-state index is 0. The van der Waals surface area contributed by atoms with Crippen LogP contribution in [-0.4, -0.2) is 63.8 Å². The maximum absolute atomic E-state index is 5.53.